The van der Waals surface area contributed by atoms with Crippen molar-refractivity contribution in [3.63, 3.8) is 0 Å². The van der Waals surface area contributed by atoms with Gasteiger partial charge in [-0.05, 0) is 54.3 Å². The molecule has 4 heteroatoms. The fourth-order valence-electron chi connectivity index (χ4n) is 3.22. The van der Waals surface area contributed by atoms with Crippen LogP contribution in [0.25, 0.3) is 0 Å². The highest BCUT2D eigenvalue weighted by Crippen LogP contribution is 2.46. The number of hydrogen-bond acceptors (Lipinski definition) is 2. The Morgan fingerprint density at radius 3 is 2.10 bits per heavy atom. The summed E-state index contributed by atoms with van der Waals surface area (Å²) in [6.45, 7) is 10.8. The van der Waals surface area contributed by atoms with Crippen LogP contribution in [0.1, 0.15) is 69.4 Å². The first kappa shape index (κ1) is 16.5. The highest BCUT2D eigenvalue weighted by atomic mass is 32.2. The van der Waals surface area contributed by atoms with Crippen molar-refractivity contribution in [3.05, 3.63) is 34.9 Å². The summed E-state index contributed by atoms with van der Waals surface area (Å²) in [7, 11) is -1.82. The third kappa shape index (κ3) is 2.88. The van der Waals surface area contributed by atoms with Crippen molar-refractivity contribution in [2.75, 3.05) is 7.05 Å². The van der Waals surface area contributed by atoms with Crippen LogP contribution >= 0.6 is 0 Å². The molecule has 0 unspecified atom stereocenters. The minimum atomic E-state index is -3.29. The van der Waals surface area contributed by atoms with Gasteiger partial charge in [-0.2, -0.15) is 0 Å². The van der Waals surface area contributed by atoms with E-state index >= 15 is 0 Å². The van der Waals surface area contributed by atoms with Crippen molar-refractivity contribution >= 4 is 10.0 Å². The molecule has 0 amide bonds. The molecule has 1 N–H and O–H groups in total. The summed E-state index contributed by atoms with van der Waals surface area (Å²) < 4.78 is 26.5. The summed E-state index contributed by atoms with van der Waals surface area (Å²) >= 11 is 0. The fourth-order valence-corrected chi connectivity index (χ4v) is 4.07. The van der Waals surface area contributed by atoms with Crippen molar-refractivity contribution < 1.29 is 8.42 Å². The van der Waals surface area contributed by atoms with Crippen molar-refractivity contribution in [3.8, 4) is 0 Å². The summed E-state index contributed by atoms with van der Waals surface area (Å²) in [5.74, 6) is 0. The molecule has 1 aromatic rings. The number of rotatable bonds is 3. The van der Waals surface area contributed by atoms with Crippen LogP contribution in [0.5, 0.6) is 0 Å². The van der Waals surface area contributed by atoms with Gasteiger partial charge in [0.05, 0.1) is 5.25 Å². The maximum atomic E-state index is 12.0. The first-order valence-electron chi connectivity index (χ1n) is 7.58. The van der Waals surface area contributed by atoms with Crippen LogP contribution in [-0.2, 0) is 20.9 Å². The van der Waals surface area contributed by atoms with Gasteiger partial charge in [-0.1, -0.05) is 45.9 Å². The van der Waals surface area contributed by atoms with E-state index in [1.54, 1.807) is 6.92 Å². The molecule has 1 aliphatic rings. The van der Waals surface area contributed by atoms with E-state index in [0.29, 0.717) is 0 Å². The number of nitrogens with one attached hydrogen (secondary N) is 1. The van der Waals surface area contributed by atoms with E-state index in [1.165, 1.54) is 18.2 Å². The van der Waals surface area contributed by atoms with Crippen LogP contribution in [0, 0.1) is 0 Å². The predicted molar refractivity (Wildman–Crippen MR) is 88.1 cm³/mol. The Morgan fingerprint density at radius 1 is 1.05 bits per heavy atom. The average molecular weight is 309 g/mol. The van der Waals surface area contributed by atoms with Gasteiger partial charge < -0.3 is 0 Å². The van der Waals surface area contributed by atoms with E-state index < -0.39 is 15.3 Å². The largest absolute Gasteiger partial charge is 0.218 e. The lowest BCUT2D eigenvalue weighted by atomic mass is 9.63. The molecule has 0 saturated heterocycles. The van der Waals surface area contributed by atoms with Gasteiger partial charge in [-0.3, -0.25) is 0 Å². The van der Waals surface area contributed by atoms with Gasteiger partial charge in [-0.25, -0.2) is 13.1 Å². The Bertz CT molecular complexity index is 645. The zero-order chi connectivity index (χ0) is 16.1. The fraction of sp³-hybridized carbons (Fsp3) is 0.647. The van der Waals surface area contributed by atoms with Gasteiger partial charge in [-0.15, -0.1) is 0 Å². The summed E-state index contributed by atoms with van der Waals surface area (Å²) in [4.78, 5) is 0. The van der Waals surface area contributed by atoms with Crippen LogP contribution in [0.15, 0.2) is 18.2 Å². The van der Waals surface area contributed by atoms with E-state index in [1.807, 2.05) is 6.07 Å². The molecule has 0 aliphatic heterocycles. The molecule has 0 aromatic heterocycles. The normalized spacial score (nSPS) is 21.6. The van der Waals surface area contributed by atoms with Crippen LogP contribution in [0.3, 0.4) is 0 Å². The van der Waals surface area contributed by atoms with Crippen LogP contribution in [0.2, 0.25) is 0 Å². The monoisotopic (exact) mass is 309 g/mol. The first-order chi connectivity index (χ1) is 9.51. The van der Waals surface area contributed by atoms with Crippen molar-refractivity contribution in [1.29, 1.82) is 0 Å². The summed E-state index contributed by atoms with van der Waals surface area (Å²) in [5, 5.41) is -0.534. The van der Waals surface area contributed by atoms with Crippen molar-refractivity contribution in [2.45, 2.75) is 63.5 Å². The summed E-state index contributed by atoms with van der Waals surface area (Å²) in [6.07, 6.45) is 2.29. The molecular weight excluding hydrogens is 282 g/mol. The number of sulfonamides is 1. The lowest BCUT2D eigenvalue weighted by Gasteiger charge is -2.42. The molecule has 1 aliphatic carbocycles. The highest BCUT2D eigenvalue weighted by molar-refractivity contribution is 7.89. The van der Waals surface area contributed by atoms with E-state index in [2.05, 4.69) is 44.5 Å². The third-order valence-corrected chi connectivity index (χ3v) is 6.87. The predicted octanol–water partition coefficient (Wildman–Crippen LogP) is 3.65. The highest BCUT2D eigenvalue weighted by Gasteiger charge is 2.37. The topological polar surface area (TPSA) is 46.2 Å². The van der Waals surface area contributed by atoms with E-state index in [0.717, 1.165) is 18.4 Å². The molecule has 1 aromatic carbocycles. The smallest absolute Gasteiger partial charge is 0.218 e. The molecule has 3 nitrogen and oxygen atoms in total. The van der Waals surface area contributed by atoms with Gasteiger partial charge in [0.1, 0.15) is 0 Å². The molecular formula is C17H27NO2S. The average Bonchev–Trinajstić information content (AvgIpc) is 2.43. The van der Waals surface area contributed by atoms with Crippen molar-refractivity contribution in [1.82, 2.24) is 4.72 Å². The zero-order valence-corrected chi connectivity index (χ0v) is 14.8. The Labute approximate surface area is 129 Å². The minimum Gasteiger partial charge on any atom is -0.218 e. The lowest BCUT2D eigenvalue weighted by Crippen LogP contribution is -2.34. The standard InChI is InChI=1S/C17H27NO2S/c1-12(21(19,20)18-6)13-7-8-14-15(11-13)17(4,5)10-9-16(14,2)3/h7-8,11-12,18H,9-10H2,1-6H3/t12-/m0/s1. The van der Waals surface area contributed by atoms with Gasteiger partial charge in [0.15, 0.2) is 0 Å². The second-order valence-corrected chi connectivity index (χ2v) is 9.67. The molecule has 0 heterocycles. The van der Waals surface area contributed by atoms with Crippen molar-refractivity contribution in [2.24, 2.45) is 0 Å². The first-order valence-corrected chi connectivity index (χ1v) is 9.13. The van der Waals surface area contributed by atoms with Gasteiger partial charge in [0.2, 0.25) is 10.0 Å². The Hall–Kier alpha value is -0.870. The maximum absolute atomic E-state index is 12.0. The summed E-state index contributed by atoms with van der Waals surface area (Å²) in [6, 6.07) is 6.21. The third-order valence-electron chi connectivity index (χ3n) is 5.10. The van der Waals surface area contributed by atoms with E-state index in [-0.39, 0.29) is 10.8 Å². The van der Waals surface area contributed by atoms with Crippen LogP contribution in [-0.4, -0.2) is 15.5 Å². The number of benzene rings is 1. The molecule has 0 saturated carbocycles. The minimum absolute atomic E-state index is 0.101. The molecule has 0 radical (unpaired) electrons. The summed E-state index contributed by atoms with van der Waals surface area (Å²) in [5.41, 5.74) is 3.79. The van der Waals surface area contributed by atoms with E-state index in [4.69, 9.17) is 0 Å². The Kier molecular flexibility index (Phi) is 4.00. The van der Waals surface area contributed by atoms with E-state index in [9.17, 15) is 8.42 Å². The van der Waals surface area contributed by atoms with Gasteiger partial charge >= 0.3 is 0 Å². The maximum Gasteiger partial charge on any atom is 0.218 e. The zero-order valence-electron chi connectivity index (χ0n) is 13.9. The van der Waals surface area contributed by atoms with Gasteiger partial charge in [0.25, 0.3) is 0 Å². The SMILES string of the molecule is CNS(=O)(=O)[C@@H](C)c1ccc2c(c1)C(C)(C)CCC2(C)C. The Morgan fingerprint density at radius 2 is 1.57 bits per heavy atom. The van der Waals surface area contributed by atoms with Gasteiger partial charge in [0, 0.05) is 0 Å². The molecule has 0 fully saturated rings. The second-order valence-electron chi connectivity index (χ2n) is 7.46. The Balaban J connectivity index is 2.57. The molecule has 2 rings (SSSR count). The second kappa shape index (κ2) is 5.10. The molecule has 21 heavy (non-hydrogen) atoms. The lowest BCUT2D eigenvalue weighted by molar-refractivity contribution is 0.331. The quantitative estimate of drug-likeness (QED) is 0.926. The number of hydrogen-bond donors (Lipinski definition) is 1. The molecule has 0 spiro atoms. The van der Waals surface area contributed by atoms with Crippen LogP contribution in [0.4, 0.5) is 0 Å². The molecule has 1 atom stereocenters. The molecule has 0 bridgehead atoms. The molecule has 118 valence electrons. The van der Waals surface area contributed by atoms with Crippen LogP contribution < -0.4 is 4.72 Å². The number of fused-ring (bicyclic) bond motifs is 1.